The summed E-state index contributed by atoms with van der Waals surface area (Å²) in [6.07, 6.45) is 39.7. The van der Waals surface area contributed by atoms with Gasteiger partial charge in [0.15, 0.2) is 6.10 Å². The number of ether oxygens (including phenoxy) is 2. The average Bonchev–Trinajstić information content (AvgIpc) is 3.06. The molecule has 0 aromatic rings. The molecular weight excluding hydrogens is 588 g/mol. The second-order valence-electron chi connectivity index (χ2n) is 13.3. The van der Waals surface area contributed by atoms with E-state index in [1.165, 1.54) is 64.2 Å². The number of hydrogen-bond acceptors (Lipinski definition) is 6. The SMILES string of the molecule is CC[C@H](O)CC/C=C\C/C=C\C/C=C\C/C=C\CCCC(=O)OC[C@H](CO)OC(=O)CCCCCCCCCCCCCCC(C)C. The highest BCUT2D eigenvalue weighted by Crippen LogP contribution is 2.15. The molecule has 0 aliphatic carbocycles. The number of carbonyl (C=O) groups excluding carboxylic acids is 2. The summed E-state index contributed by atoms with van der Waals surface area (Å²) < 4.78 is 10.5. The first-order valence-corrected chi connectivity index (χ1v) is 19.1. The standard InChI is InChI=1S/C41H72O6/c1-4-38(43)32-28-24-20-16-12-7-5-6-8-13-17-21-25-29-33-40(44)46-36-39(35-42)47-41(45)34-30-26-22-18-14-10-9-11-15-19-23-27-31-37(2)3/h6-8,12,17,20-21,24,37-39,42-43H,4-5,9-11,13-16,18-19,22-23,25-36H2,1-3H3/b8-6-,12-7-,21-17-,24-20-/t38-,39-/m0/s1. The van der Waals surface area contributed by atoms with Gasteiger partial charge in [-0.05, 0) is 63.7 Å². The molecule has 0 rings (SSSR count). The smallest absolute Gasteiger partial charge is 0.306 e. The molecule has 0 aliphatic heterocycles. The Kier molecular flexibility index (Phi) is 33.5. The molecule has 0 bridgehead atoms. The summed E-state index contributed by atoms with van der Waals surface area (Å²) >= 11 is 0. The van der Waals surface area contributed by atoms with Crippen LogP contribution in [0.25, 0.3) is 0 Å². The average molecular weight is 661 g/mol. The van der Waals surface area contributed by atoms with Crippen LogP contribution in [-0.4, -0.2) is 47.6 Å². The summed E-state index contributed by atoms with van der Waals surface area (Å²) in [5.74, 6) is 0.158. The number of allylic oxidation sites excluding steroid dienone is 8. The number of rotatable bonds is 33. The van der Waals surface area contributed by atoms with Gasteiger partial charge in [0.05, 0.1) is 12.7 Å². The molecule has 272 valence electrons. The van der Waals surface area contributed by atoms with Crippen LogP contribution in [0.3, 0.4) is 0 Å². The number of hydrogen-bond donors (Lipinski definition) is 2. The molecule has 0 spiro atoms. The maximum absolute atomic E-state index is 12.1. The van der Waals surface area contributed by atoms with Crippen molar-refractivity contribution in [3.63, 3.8) is 0 Å². The normalized spacial score (nSPS) is 13.5. The van der Waals surface area contributed by atoms with E-state index in [2.05, 4.69) is 62.5 Å². The molecule has 2 N–H and O–H groups in total. The van der Waals surface area contributed by atoms with Crippen LogP contribution in [0.5, 0.6) is 0 Å². The van der Waals surface area contributed by atoms with Gasteiger partial charge < -0.3 is 19.7 Å². The van der Waals surface area contributed by atoms with E-state index in [-0.39, 0.29) is 31.3 Å². The quantitative estimate of drug-likeness (QED) is 0.0413. The predicted octanol–water partition coefficient (Wildman–Crippen LogP) is 10.7. The van der Waals surface area contributed by atoms with E-state index in [9.17, 15) is 19.8 Å². The lowest BCUT2D eigenvalue weighted by molar-refractivity contribution is -0.161. The minimum Gasteiger partial charge on any atom is -0.462 e. The van der Waals surface area contributed by atoms with Gasteiger partial charge in [0.2, 0.25) is 0 Å². The van der Waals surface area contributed by atoms with E-state index in [1.54, 1.807) is 0 Å². The second-order valence-corrected chi connectivity index (χ2v) is 13.3. The molecule has 0 aromatic heterocycles. The molecule has 2 atom stereocenters. The molecule has 0 aliphatic rings. The van der Waals surface area contributed by atoms with E-state index in [1.807, 2.05) is 6.92 Å². The van der Waals surface area contributed by atoms with Crippen molar-refractivity contribution in [2.24, 2.45) is 5.92 Å². The van der Waals surface area contributed by atoms with E-state index in [0.29, 0.717) is 19.3 Å². The number of unbranched alkanes of at least 4 members (excludes halogenated alkanes) is 12. The van der Waals surface area contributed by atoms with Gasteiger partial charge in [-0.1, -0.05) is 146 Å². The summed E-state index contributed by atoms with van der Waals surface area (Å²) in [6.45, 7) is 6.14. The molecule has 0 fully saturated rings. The zero-order valence-electron chi connectivity index (χ0n) is 30.6. The topological polar surface area (TPSA) is 93.1 Å². The van der Waals surface area contributed by atoms with Crippen LogP contribution in [0, 0.1) is 5.92 Å². The molecule has 0 heterocycles. The fourth-order valence-corrected chi connectivity index (χ4v) is 5.12. The Balaban J connectivity index is 3.68. The van der Waals surface area contributed by atoms with Gasteiger partial charge in [0.25, 0.3) is 0 Å². The molecule has 0 radical (unpaired) electrons. The van der Waals surface area contributed by atoms with Crippen molar-refractivity contribution >= 4 is 11.9 Å². The van der Waals surface area contributed by atoms with E-state index < -0.39 is 6.10 Å². The zero-order valence-corrected chi connectivity index (χ0v) is 30.6. The van der Waals surface area contributed by atoms with E-state index >= 15 is 0 Å². The second kappa shape index (κ2) is 35.1. The Hall–Kier alpha value is -2.18. The fourth-order valence-electron chi connectivity index (χ4n) is 5.12. The zero-order chi connectivity index (χ0) is 34.6. The molecule has 47 heavy (non-hydrogen) atoms. The highest BCUT2D eigenvalue weighted by atomic mass is 16.6. The van der Waals surface area contributed by atoms with Crippen molar-refractivity contribution in [3.05, 3.63) is 48.6 Å². The Labute approximate surface area is 289 Å². The van der Waals surface area contributed by atoms with E-state index in [4.69, 9.17) is 9.47 Å². The van der Waals surface area contributed by atoms with Gasteiger partial charge in [-0.2, -0.15) is 0 Å². The third-order valence-corrected chi connectivity index (χ3v) is 8.22. The summed E-state index contributed by atoms with van der Waals surface area (Å²) in [4.78, 5) is 24.2. The van der Waals surface area contributed by atoms with Gasteiger partial charge in [0.1, 0.15) is 6.61 Å². The van der Waals surface area contributed by atoms with Crippen LogP contribution >= 0.6 is 0 Å². The first-order chi connectivity index (χ1) is 22.9. The Morgan fingerprint density at radius 3 is 1.57 bits per heavy atom. The van der Waals surface area contributed by atoms with Gasteiger partial charge in [-0.25, -0.2) is 0 Å². The summed E-state index contributed by atoms with van der Waals surface area (Å²) in [7, 11) is 0. The van der Waals surface area contributed by atoms with Crippen LogP contribution in [0.1, 0.15) is 168 Å². The lowest BCUT2D eigenvalue weighted by Gasteiger charge is -2.15. The first-order valence-electron chi connectivity index (χ1n) is 19.1. The molecule has 0 unspecified atom stereocenters. The Morgan fingerprint density at radius 1 is 0.596 bits per heavy atom. The fraction of sp³-hybridized carbons (Fsp3) is 0.756. The largest absolute Gasteiger partial charge is 0.462 e. The van der Waals surface area contributed by atoms with Crippen LogP contribution in [0.15, 0.2) is 48.6 Å². The highest BCUT2D eigenvalue weighted by molar-refractivity contribution is 5.70. The number of aliphatic hydroxyl groups excluding tert-OH is 2. The molecule has 0 amide bonds. The molecule has 6 nitrogen and oxygen atoms in total. The van der Waals surface area contributed by atoms with Crippen molar-refractivity contribution in [1.29, 1.82) is 0 Å². The third-order valence-electron chi connectivity index (χ3n) is 8.22. The van der Waals surface area contributed by atoms with Crippen molar-refractivity contribution < 1.29 is 29.3 Å². The lowest BCUT2D eigenvalue weighted by atomic mass is 10.0. The summed E-state index contributed by atoms with van der Waals surface area (Å²) in [5, 5.41) is 19.1. The summed E-state index contributed by atoms with van der Waals surface area (Å²) in [6, 6.07) is 0. The Bertz CT molecular complexity index is 828. The number of aliphatic hydroxyl groups is 2. The van der Waals surface area contributed by atoms with Gasteiger partial charge in [-0.15, -0.1) is 0 Å². The third kappa shape index (κ3) is 35.0. The monoisotopic (exact) mass is 661 g/mol. The van der Waals surface area contributed by atoms with Gasteiger partial charge >= 0.3 is 11.9 Å². The first kappa shape index (κ1) is 44.8. The maximum atomic E-state index is 12.1. The molecular formula is C41H72O6. The van der Waals surface area contributed by atoms with Crippen molar-refractivity contribution in [2.45, 2.75) is 181 Å². The predicted molar refractivity (Wildman–Crippen MR) is 197 cm³/mol. The van der Waals surface area contributed by atoms with Crippen LogP contribution in [0.4, 0.5) is 0 Å². The van der Waals surface area contributed by atoms with Gasteiger partial charge in [0, 0.05) is 12.8 Å². The van der Waals surface area contributed by atoms with E-state index in [0.717, 1.165) is 70.1 Å². The van der Waals surface area contributed by atoms with Crippen molar-refractivity contribution in [1.82, 2.24) is 0 Å². The Morgan fingerprint density at radius 2 is 1.06 bits per heavy atom. The summed E-state index contributed by atoms with van der Waals surface area (Å²) in [5.41, 5.74) is 0. The van der Waals surface area contributed by atoms with Crippen LogP contribution < -0.4 is 0 Å². The minimum absolute atomic E-state index is 0.104. The van der Waals surface area contributed by atoms with Crippen LogP contribution in [-0.2, 0) is 19.1 Å². The van der Waals surface area contributed by atoms with Gasteiger partial charge in [-0.3, -0.25) is 9.59 Å². The lowest BCUT2D eigenvalue weighted by Crippen LogP contribution is -2.28. The molecule has 6 heteroatoms. The van der Waals surface area contributed by atoms with Crippen molar-refractivity contribution in [3.8, 4) is 0 Å². The maximum Gasteiger partial charge on any atom is 0.306 e. The molecule has 0 aromatic carbocycles. The highest BCUT2D eigenvalue weighted by Gasteiger charge is 2.16. The number of carbonyl (C=O) groups is 2. The number of esters is 2. The minimum atomic E-state index is -0.801. The van der Waals surface area contributed by atoms with Crippen molar-refractivity contribution in [2.75, 3.05) is 13.2 Å². The molecule has 0 saturated heterocycles. The molecule has 0 saturated carbocycles. The van der Waals surface area contributed by atoms with Crippen LogP contribution in [0.2, 0.25) is 0 Å².